The predicted molar refractivity (Wildman–Crippen MR) is 109 cm³/mol. The molecule has 3 aromatic carbocycles. The van der Waals surface area contributed by atoms with Gasteiger partial charge in [-0.3, -0.25) is 4.79 Å². The summed E-state index contributed by atoms with van der Waals surface area (Å²) in [6.07, 6.45) is 0.0554. The maximum absolute atomic E-state index is 12.5. The lowest BCUT2D eigenvalue weighted by molar-refractivity contribution is -0.115. The fraction of sp³-hybridized carbons (Fsp3) is 0.0952. The summed E-state index contributed by atoms with van der Waals surface area (Å²) in [6, 6.07) is 16.5. The predicted octanol–water partition coefficient (Wildman–Crippen LogP) is 6.08. The van der Waals surface area contributed by atoms with Crippen LogP contribution in [0.2, 0.25) is 10.0 Å². The largest absolute Gasteiger partial charge is 0.495 e. The van der Waals surface area contributed by atoms with Crippen molar-refractivity contribution in [3.05, 3.63) is 70.2 Å². The average molecular weight is 400 g/mol. The van der Waals surface area contributed by atoms with Gasteiger partial charge >= 0.3 is 0 Å². The number of hydrogen-bond donors (Lipinski definition) is 1. The number of methoxy groups -OCH3 is 1. The molecule has 0 saturated carbocycles. The van der Waals surface area contributed by atoms with E-state index < -0.39 is 0 Å². The molecule has 0 fully saturated rings. The number of carbonyl (C=O) groups is 1. The van der Waals surface area contributed by atoms with E-state index in [1.54, 1.807) is 31.4 Å². The Morgan fingerprint density at radius 2 is 1.74 bits per heavy atom. The Morgan fingerprint density at radius 3 is 2.48 bits per heavy atom. The number of nitrogens with one attached hydrogen (secondary N) is 1. The van der Waals surface area contributed by atoms with Crippen LogP contribution in [0.3, 0.4) is 0 Å². The average Bonchev–Trinajstić information content (AvgIpc) is 3.01. The summed E-state index contributed by atoms with van der Waals surface area (Å²) >= 11 is 12.3. The number of anilines is 1. The number of para-hydroxylation sites is 1. The lowest BCUT2D eigenvalue weighted by atomic mass is 10.1. The van der Waals surface area contributed by atoms with Gasteiger partial charge in [0.05, 0.1) is 19.2 Å². The number of furan rings is 1. The first-order chi connectivity index (χ1) is 13.1. The molecular weight excluding hydrogens is 385 g/mol. The van der Waals surface area contributed by atoms with Gasteiger partial charge in [0, 0.05) is 26.9 Å². The third kappa shape index (κ3) is 3.34. The Labute approximate surface area is 165 Å². The molecule has 0 atom stereocenters. The summed E-state index contributed by atoms with van der Waals surface area (Å²) in [5.74, 6) is 0.298. The summed E-state index contributed by atoms with van der Waals surface area (Å²) in [5, 5.41) is 5.69. The van der Waals surface area contributed by atoms with E-state index in [1.807, 2.05) is 30.3 Å². The molecule has 0 saturated heterocycles. The number of amides is 1. The number of rotatable bonds is 4. The molecule has 1 heterocycles. The molecule has 1 aromatic heterocycles. The summed E-state index contributed by atoms with van der Waals surface area (Å²) in [7, 11) is 1.56. The topological polar surface area (TPSA) is 51.5 Å². The van der Waals surface area contributed by atoms with E-state index in [1.165, 1.54) is 0 Å². The number of halogens is 2. The van der Waals surface area contributed by atoms with Gasteiger partial charge in [-0.2, -0.15) is 0 Å². The molecule has 4 rings (SSSR count). The van der Waals surface area contributed by atoms with Gasteiger partial charge in [0.2, 0.25) is 5.91 Å². The Hall–Kier alpha value is -2.69. The van der Waals surface area contributed by atoms with E-state index in [0.717, 1.165) is 16.4 Å². The second kappa shape index (κ2) is 7.14. The first-order valence-corrected chi connectivity index (χ1v) is 9.04. The van der Waals surface area contributed by atoms with Crippen LogP contribution in [-0.4, -0.2) is 13.0 Å². The first kappa shape index (κ1) is 17.7. The van der Waals surface area contributed by atoms with Gasteiger partial charge in [-0.1, -0.05) is 47.5 Å². The third-order valence-electron chi connectivity index (χ3n) is 4.37. The minimum Gasteiger partial charge on any atom is -0.495 e. The fourth-order valence-corrected chi connectivity index (χ4v) is 3.61. The monoisotopic (exact) mass is 399 g/mol. The van der Waals surface area contributed by atoms with Crippen LogP contribution < -0.4 is 10.1 Å². The zero-order valence-electron chi connectivity index (χ0n) is 14.4. The van der Waals surface area contributed by atoms with Gasteiger partial charge in [0.1, 0.15) is 16.9 Å². The Kier molecular flexibility index (Phi) is 4.68. The Balaban J connectivity index is 1.68. The van der Waals surface area contributed by atoms with Gasteiger partial charge in [-0.15, -0.1) is 0 Å². The molecule has 0 aliphatic carbocycles. The first-order valence-electron chi connectivity index (χ1n) is 8.29. The van der Waals surface area contributed by atoms with Gasteiger partial charge < -0.3 is 14.5 Å². The van der Waals surface area contributed by atoms with Gasteiger partial charge in [0.25, 0.3) is 0 Å². The number of carbonyl (C=O) groups excluding carboxylic acids is 1. The van der Waals surface area contributed by atoms with E-state index in [2.05, 4.69) is 5.32 Å². The van der Waals surface area contributed by atoms with Gasteiger partial charge in [-0.25, -0.2) is 0 Å². The van der Waals surface area contributed by atoms with Crippen molar-refractivity contribution >= 4 is 56.7 Å². The van der Waals surface area contributed by atoms with Gasteiger partial charge in [-0.05, 0) is 29.8 Å². The number of fused-ring (bicyclic) bond motifs is 3. The second-order valence-corrected chi connectivity index (χ2v) is 6.89. The van der Waals surface area contributed by atoms with Crippen molar-refractivity contribution in [3.8, 4) is 5.75 Å². The van der Waals surface area contributed by atoms with E-state index in [-0.39, 0.29) is 12.3 Å². The molecule has 1 amide bonds. The normalized spacial score (nSPS) is 11.1. The van der Waals surface area contributed by atoms with E-state index in [4.69, 9.17) is 32.4 Å². The minimum absolute atomic E-state index is 0.0554. The fourth-order valence-electron chi connectivity index (χ4n) is 3.07. The highest BCUT2D eigenvalue weighted by atomic mass is 35.5. The number of hydrogen-bond acceptors (Lipinski definition) is 3. The van der Waals surface area contributed by atoms with Crippen molar-refractivity contribution in [2.75, 3.05) is 12.4 Å². The zero-order chi connectivity index (χ0) is 19.0. The molecule has 0 radical (unpaired) electrons. The van der Waals surface area contributed by atoms with Crippen molar-refractivity contribution in [3.63, 3.8) is 0 Å². The number of benzene rings is 3. The molecule has 1 N–H and O–H groups in total. The van der Waals surface area contributed by atoms with Crippen molar-refractivity contribution in [2.45, 2.75) is 6.42 Å². The second-order valence-electron chi connectivity index (χ2n) is 6.07. The summed E-state index contributed by atoms with van der Waals surface area (Å²) < 4.78 is 11.3. The number of ether oxygens (including phenoxy) is 1. The molecule has 6 heteroatoms. The van der Waals surface area contributed by atoms with Crippen LogP contribution in [0.1, 0.15) is 5.56 Å². The lowest BCUT2D eigenvalue weighted by Crippen LogP contribution is -2.15. The van der Waals surface area contributed by atoms with E-state index >= 15 is 0 Å². The molecule has 136 valence electrons. The molecule has 27 heavy (non-hydrogen) atoms. The highest BCUT2D eigenvalue weighted by Crippen LogP contribution is 2.36. The quantitative estimate of drug-likeness (QED) is 0.452. The molecule has 4 aromatic rings. The smallest absolute Gasteiger partial charge is 0.229 e. The molecule has 0 aliphatic rings. The van der Waals surface area contributed by atoms with Gasteiger partial charge in [0.15, 0.2) is 0 Å². The van der Waals surface area contributed by atoms with Crippen LogP contribution in [0.4, 0.5) is 5.69 Å². The molecule has 0 aliphatic heterocycles. The molecule has 4 nitrogen and oxygen atoms in total. The Bertz CT molecular complexity index is 1150. The van der Waals surface area contributed by atoms with Crippen molar-refractivity contribution in [2.24, 2.45) is 0 Å². The maximum Gasteiger partial charge on any atom is 0.229 e. The highest BCUT2D eigenvalue weighted by Gasteiger charge is 2.16. The standard InChI is InChI=1S/C21H15Cl2NO3/c1-26-20-9-13-12-5-2-3-8-18(12)27-19(13)11-17(20)24-21(25)10-14-15(22)6-4-7-16(14)23/h2-9,11H,10H2,1H3,(H,24,25). The van der Waals surface area contributed by atoms with E-state index in [0.29, 0.717) is 32.6 Å². The summed E-state index contributed by atoms with van der Waals surface area (Å²) in [4.78, 5) is 12.5. The SMILES string of the molecule is COc1cc2c(cc1NC(=O)Cc1c(Cl)cccc1Cl)oc1ccccc12. The van der Waals surface area contributed by atoms with Crippen molar-refractivity contribution in [1.82, 2.24) is 0 Å². The van der Waals surface area contributed by atoms with E-state index in [9.17, 15) is 4.79 Å². The third-order valence-corrected chi connectivity index (χ3v) is 5.08. The van der Waals surface area contributed by atoms with Crippen LogP contribution in [0.15, 0.2) is 59.0 Å². The maximum atomic E-state index is 12.5. The molecule has 0 spiro atoms. The summed E-state index contributed by atoms with van der Waals surface area (Å²) in [5.41, 5.74) is 2.56. The summed E-state index contributed by atoms with van der Waals surface area (Å²) in [6.45, 7) is 0. The van der Waals surface area contributed by atoms with Crippen LogP contribution in [0, 0.1) is 0 Å². The van der Waals surface area contributed by atoms with Crippen molar-refractivity contribution < 1.29 is 13.9 Å². The van der Waals surface area contributed by atoms with Crippen LogP contribution >= 0.6 is 23.2 Å². The highest BCUT2D eigenvalue weighted by molar-refractivity contribution is 6.36. The molecule has 0 bridgehead atoms. The Morgan fingerprint density at radius 1 is 1.00 bits per heavy atom. The van der Waals surface area contributed by atoms with Crippen LogP contribution in [0.5, 0.6) is 5.75 Å². The zero-order valence-corrected chi connectivity index (χ0v) is 15.9. The minimum atomic E-state index is -0.251. The molecular formula is C21H15Cl2NO3. The van der Waals surface area contributed by atoms with Crippen LogP contribution in [0.25, 0.3) is 21.9 Å². The van der Waals surface area contributed by atoms with Crippen LogP contribution in [-0.2, 0) is 11.2 Å². The molecule has 0 unspecified atom stereocenters. The van der Waals surface area contributed by atoms with Crippen molar-refractivity contribution in [1.29, 1.82) is 0 Å². The lowest BCUT2D eigenvalue weighted by Gasteiger charge is -2.11.